The second kappa shape index (κ2) is 10.3. The fourth-order valence-corrected chi connectivity index (χ4v) is 4.51. The highest BCUT2D eigenvalue weighted by Crippen LogP contribution is 2.43. The first-order valence-electron chi connectivity index (χ1n) is 11.3. The molecule has 4 rings (SSSR count). The number of piperidine rings is 1. The fourth-order valence-electron chi connectivity index (χ4n) is 4.19. The first-order valence-corrected chi connectivity index (χ1v) is 11.6. The van der Waals surface area contributed by atoms with Crippen LogP contribution in [-0.2, 0) is 6.18 Å². The molecule has 2 aromatic carbocycles. The third-order valence-electron chi connectivity index (χ3n) is 5.97. The van der Waals surface area contributed by atoms with Crippen LogP contribution in [0.5, 0.6) is 5.75 Å². The lowest BCUT2D eigenvalue weighted by atomic mass is 9.98. The molecule has 0 atom stereocenters. The molecule has 0 bridgehead atoms. The van der Waals surface area contributed by atoms with Crippen molar-refractivity contribution in [1.29, 1.82) is 0 Å². The highest BCUT2D eigenvalue weighted by Gasteiger charge is 2.36. The number of nitrogens with zero attached hydrogens (tertiary/aromatic N) is 4. The molecule has 7 nitrogen and oxygen atoms in total. The Hall–Kier alpha value is -3.19. The zero-order valence-electron chi connectivity index (χ0n) is 19.3. The Morgan fingerprint density at radius 1 is 1.00 bits per heavy atom. The maximum atomic E-state index is 14.0. The number of anilines is 2. The number of hydrogen-bond acceptors (Lipinski definition) is 6. The van der Waals surface area contributed by atoms with Gasteiger partial charge in [0.05, 0.1) is 22.7 Å². The lowest BCUT2D eigenvalue weighted by Crippen LogP contribution is -2.39. The number of alkyl halides is 6. The van der Waals surface area contributed by atoms with Crippen LogP contribution in [0.15, 0.2) is 36.4 Å². The van der Waals surface area contributed by atoms with Gasteiger partial charge in [0.2, 0.25) is 11.9 Å². The number of rotatable bonds is 6. The van der Waals surface area contributed by atoms with Crippen LogP contribution in [0.2, 0.25) is 5.02 Å². The lowest BCUT2D eigenvalue weighted by molar-refractivity contribution is -0.139. The van der Waals surface area contributed by atoms with E-state index in [1.807, 2.05) is 0 Å². The Balaban J connectivity index is 1.50. The van der Waals surface area contributed by atoms with E-state index >= 15 is 0 Å². The van der Waals surface area contributed by atoms with E-state index < -0.39 is 24.3 Å². The lowest BCUT2D eigenvalue weighted by Gasteiger charge is -2.32. The van der Waals surface area contributed by atoms with E-state index in [4.69, 9.17) is 27.8 Å². The maximum absolute atomic E-state index is 14.0. The molecule has 1 aliphatic heterocycles. The van der Waals surface area contributed by atoms with Crippen LogP contribution in [0, 0.1) is 0 Å². The van der Waals surface area contributed by atoms with Crippen LogP contribution in [-0.4, -0.2) is 51.6 Å². The number of nitrogen functional groups attached to an aromatic ring is 2. The molecule has 0 unspecified atom stereocenters. The molecular formula is C23H23ClF6N6O. The molecule has 0 spiro atoms. The highest BCUT2D eigenvalue weighted by molar-refractivity contribution is 6.33. The van der Waals surface area contributed by atoms with Crippen molar-refractivity contribution in [3.05, 3.63) is 47.0 Å². The number of nitrogens with two attached hydrogens (primary N) is 2. The zero-order chi connectivity index (χ0) is 27.0. The van der Waals surface area contributed by atoms with E-state index in [1.165, 1.54) is 30.3 Å². The molecule has 1 saturated heterocycles. The molecule has 0 aliphatic carbocycles. The Bertz CT molecular complexity index is 1240. The van der Waals surface area contributed by atoms with Gasteiger partial charge in [-0.05, 0) is 42.7 Å². The molecule has 0 saturated carbocycles. The van der Waals surface area contributed by atoms with Crippen molar-refractivity contribution >= 4 is 23.5 Å². The van der Waals surface area contributed by atoms with E-state index in [0.29, 0.717) is 31.7 Å². The van der Waals surface area contributed by atoms with Crippen LogP contribution in [0.25, 0.3) is 16.8 Å². The molecule has 3 aromatic rings. The summed E-state index contributed by atoms with van der Waals surface area (Å²) in [6.45, 7) is 0.887. The van der Waals surface area contributed by atoms with Gasteiger partial charge in [-0.3, -0.25) is 0 Å². The molecule has 200 valence electrons. The molecule has 1 fully saturated rings. The number of halogens is 7. The van der Waals surface area contributed by atoms with Crippen LogP contribution in [0.1, 0.15) is 24.8 Å². The summed E-state index contributed by atoms with van der Waals surface area (Å²) in [5.74, 6) is 0.0422. The number of ether oxygens (including phenoxy) is 1. The first kappa shape index (κ1) is 26.9. The summed E-state index contributed by atoms with van der Waals surface area (Å²) < 4.78 is 86.2. The second-order valence-electron chi connectivity index (χ2n) is 8.64. The SMILES string of the molecule is Nc1nc(N)n(-c2cc(Cl)c(-c3ccc(OC4CCN(CCC(F)(F)F)CC4)cc3)c(C(F)(F)F)c2)n1. The molecule has 2 heterocycles. The topological polar surface area (TPSA) is 95.2 Å². The Labute approximate surface area is 213 Å². The van der Waals surface area contributed by atoms with Gasteiger partial charge in [-0.25, -0.2) is 0 Å². The zero-order valence-corrected chi connectivity index (χ0v) is 20.0. The quantitative estimate of drug-likeness (QED) is 0.391. The summed E-state index contributed by atoms with van der Waals surface area (Å²) in [7, 11) is 0. The van der Waals surface area contributed by atoms with Gasteiger partial charge in [-0.2, -0.15) is 36.0 Å². The van der Waals surface area contributed by atoms with Gasteiger partial charge in [0.25, 0.3) is 0 Å². The van der Waals surface area contributed by atoms with Crippen LogP contribution >= 0.6 is 11.6 Å². The largest absolute Gasteiger partial charge is 0.490 e. The molecular weight excluding hydrogens is 526 g/mol. The van der Waals surface area contributed by atoms with Crippen molar-refractivity contribution in [2.24, 2.45) is 0 Å². The number of likely N-dealkylation sites (tertiary alicyclic amines) is 1. The normalized spacial score (nSPS) is 15.8. The average molecular weight is 549 g/mol. The predicted octanol–water partition coefficient (Wildman–Crippen LogP) is 5.57. The number of hydrogen-bond donors (Lipinski definition) is 2. The van der Waals surface area contributed by atoms with Crippen LogP contribution in [0.4, 0.5) is 38.2 Å². The van der Waals surface area contributed by atoms with Gasteiger partial charge >= 0.3 is 12.4 Å². The predicted molar refractivity (Wildman–Crippen MR) is 126 cm³/mol. The maximum Gasteiger partial charge on any atom is 0.417 e. The molecule has 14 heteroatoms. The Morgan fingerprint density at radius 3 is 2.19 bits per heavy atom. The summed E-state index contributed by atoms with van der Waals surface area (Å²) >= 11 is 6.31. The van der Waals surface area contributed by atoms with Gasteiger partial charge in [-0.15, -0.1) is 5.10 Å². The third kappa shape index (κ3) is 6.58. The molecule has 1 aliphatic rings. The Kier molecular flexibility index (Phi) is 7.47. The standard InChI is InChI=1S/C23H23ClF6N6O/c24-18-12-14(36-21(32)33-20(31)34-36)11-17(23(28,29)30)19(18)13-1-3-15(4-2-13)37-16-5-8-35(9-6-16)10-7-22(25,26)27/h1-4,11-12,16H,5-10H2,(H4,31,32,33,34). The summed E-state index contributed by atoms with van der Waals surface area (Å²) in [6, 6.07) is 8.14. The van der Waals surface area contributed by atoms with Crippen molar-refractivity contribution in [3.63, 3.8) is 0 Å². The van der Waals surface area contributed by atoms with Gasteiger partial charge in [0.1, 0.15) is 11.9 Å². The third-order valence-corrected chi connectivity index (χ3v) is 6.26. The summed E-state index contributed by atoms with van der Waals surface area (Å²) in [5, 5.41) is 3.62. The molecule has 37 heavy (non-hydrogen) atoms. The minimum Gasteiger partial charge on any atom is -0.490 e. The summed E-state index contributed by atoms with van der Waals surface area (Å²) in [5.41, 5.74) is 10.1. The minimum atomic E-state index is -4.74. The summed E-state index contributed by atoms with van der Waals surface area (Å²) in [4.78, 5) is 5.43. The summed E-state index contributed by atoms with van der Waals surface area (Å²) in [6.07, 6.45) is -8.92. The van der Waals surface area contributed by atoms with Gasteiger partial charge in [0.15, 0.2) is 0 Å². The van der Waals surface area contributed by atoms with E-state index in [9.17, 15) is 26.3 Å². The molecule has 1 aromatic heterocycles. The first-order chi connectivity index (χ1) is 17.3. The van der Waals surface area contributed by atoms with Crippen LogP contribution in [0.3, 0.4) is 0 Å². The van der Waals surface area contributed by atoms with Gasteiger partial charge in [-0.1, -0.05) is 23.7 Å². The number of benzene rings is 2. The monoisotopic (exact) mass is 548 g/mol. The Morgan fingerprint density at radius 2 is 1.65 bits per heavy atom. The average Bonchev–Trinajstić information content (AvgIpc) is 3.15. The van der Waals surface area contributed by atoms with Crippen molar-refractivity contribution < 1.29 is 31.1 Å². The van der Waals surface area contributed by atoms with Gasteiger partial charge < -0.3 is 21.1 Å². The van der Waals surface area contributed by atoms with E-state index in [1.54, 1.807) is 4.90 Å². The highest BCUT2D eigenvalue weighted by atomic mass is 35.5. The van der Waals surface area contributed by atoms with Crippen LogP contribution < -0.4 is 16.2 Å². The number of aromatic nitrogens is 3. The molecule has 4 N–H and O–H groups in total. The van der Waals surface area contributed by atoms with Crippen molar-refractivity contribution in [3.8, 4) is 22.6 Å². The van der Waals surface area contributed by atoms with Crippen molar-refractivity contribution in [2.45, 2.75) is 37.7 Å². The smallest absolute Gasteiger partial charge is 0.417 e. The van der Waals surface area contributed by atoms with E-state index in [0.717, 1.165) is 10.7 Å². The fraction of sp³-hybridized carbons (Fsp3) is 0.391. The van der Waals surface area contributed by atoms with E-state index in [-0.39, 0.29) is 46.4 Å². The van der Waals surface area contributed by atoms with E-state index in [2.05, 4.69) is 10.1 Å². The molecule has 0 radical (unpaired) electrons. The van der Waals surface area contributed by atoms with Crippen molar-refractivity contribution in [2.75, 3.05) is 31.1 Å². The molecule has 0 amide bonds. The van der Waals surface area contributed by atoms with Crippen molar-refractivity contribution in [1.82, 2.24) is 19.7 Å². The minimum absolute atomic E-state index is 0.0516. The van der Waals surface area contributed by atoms with Gasteiger partial charge in [0, 0.05) is 25.2 Å². The second-order valence-corrected chi connectivity index (χ2v) is 9.04.